The van der Waals surface area contributed by atoms with Gasteiger partial charge in [-0.25, -0.2) is 0 Å². The molecule has 4 nitrogen and oxygen atoms in total. The fraction of sp³-hybridized carbons (Fsp3) is 0.684. The molecule has 0 N–H and O–H groups in total. The summed E-state index contributed by atoms with van der Waals surface area (Å²) in [5.74, 6) is 1.10. The number of likely N-dealkylation sites (tertiary alicyclic amines) is 1. The largest absolute Gasteiger partial charge is 0.493 e. The maximum Gasteiger partial charge on any atom is 0.122 e. The number of nitrogens with zero attached hydrogens (tertiary/aromatic N) is 3. The van der Waals surface area contributed by atoms with Crippen LogP contribution >= 0.6 is 0 Å². The molecular formula is C19H29N3O. The fourth-order valence-corrected chi connectivity index (χ4v) is 4.08. The fourth-order valence-electron chi connectivity index (χ4n) is 4.08. The summed E-state index contributed by atoms with van der Waals surface area (Å²) >= 11 is 0. The third kappa shape index (κ3) is 3.39. The molecule has 4 heteroatoms. The standard InChI is InChI=1S/C19H29N3O/c1-2-20-8-10-22(11-9-20)18-14-21(15-18)7-5-16-3-4-19-17(13-16)6-12-23-19/h3-4,13,18H,2,5-12,14-15H2,1H3. The quantitative estimate of drug-likeness (QED) is 0.819. The van der Waals surface area contributed by atoms with Gasteiger partial charge in [-0.05, 0) is 30.2 Å². The van der Waals surface area contributed by atoms with Crippen LogP contribution in [0.1, 0.15) is 18.1 Å². The Morgan fingerprint density at radius 2 is 1.91 bits per heavy atom. The molecule has 1 aromatic rings. The summed E-state index contributed by atoms with van der Waals surface area (Å²) in [6.45, 7) is 13.1. The summed E-state index contributed by atoms with van der Waals surface area (Å²) < 4.78 is 5.59. The van der Waals surface area contributed by atoms with Gasteiger partial charge in [-0.15, -0.1) is 0 Å². The van der Waals surface area contributed by atoms with Crippen molar-refractivity contribution in [3.8, 4) is 5.75 Å². The summed E-state index contributed by atoms with van der Waals surface area (Å²) in [6.07, 6.45) is 2.25. The van der Waals surface area contributed by atoms with Gasteiger partial charge in [0.2, 0.25) is 0 Å². The van der Waals surface area contributed by atoms with E-state index >= 15 is 0 Å². The van der Waals surface area contributed by atoms with E-state index in [4.69, 9.17) is 4.74 Å². The highest BCUT2D eigenvalue weighted by Gasteiger charge is 2.32. The summed E-state index contributed by atoms with van der Waals surface area (Å²) in [6, 6.07) is 7.56. The van der Waals surface area contributed by atoms with Crippen LogP contribution in [-0.2, 0) is 12.8 Å². The molecule has 3 heterocycles. The molecule has 0 atom stereocenters. The van der Waals surface area contributed by atoms with Gasteiger partial charge in [0.25, 0.3) is 0 Å². The monoisotopic (exact) mass is 315 g/mol. The van der Waals surface area contributed by atoms with Crippen LogP contribution in [0.5, 0.6) is 5.75 Å². The lowest BCUT2D eigenvalue weighted by Gasteiger charge is -2.48. The minimum Gasteiger partial charge on any atom is -0.493 e. The first-order valence-electron chi connectivity index (χ1n) is 9.25. The van der Waals surface area contributed by atoms with Crippen LogP contribution < -0.4 is 4.74 Å². The highest BCUT2D eigenvalue weighted by atomic mass is 16.5. The van der Waals surface area contributed by atoms with Crippen LogP contribution in [0.2, 0.25) is 0 Å². The van der Waals surface area contributed by atoms with Crippen LogP contribution in [0.3, 0.4) is 0 Å². The van der Waals surface area contributed by atoms with Gasteiger partial charge in [0.1, 0.15) is 5.75 Å². The Balaban J connectivity index is 1.20. The van der Waals surface area contributed by atoms with E-state index < -0.39 is 0 Å². The third-order valence-corrected chi connectivity index (χ3v) is 5.78. The summed E-state index contributed by atoms with van der Waals surface area (Å²) in [7, 11) is 0. The van der Waals surface area contributed by atoms with E-state index in [0.717, 1.165) is 24.8 Å². The second kappa shape index (κ2) is 6.80. The van der Waals surface area contributed by atoms with E-state index in [2.05, 4.69) is 39.8 Å². The third-order valence-electron chi connectivity index (χ3n) is 5.78. The van der Waals surface area contributed by atoms with Gasteiger partial charge >= 0.3 is 0 Å². The number of hydrogen-bond acceptors (Lipinski definition) is 4. The highest BCUT2D eigenvalue weighted by Crippen LogP contribution is 2.26. The van der Waals surface area contributed by atoms with Crippen molar-refractivity contribution >= 4 is 0 Å². The molecule has 0 saturated carbocycles. The summed E-state index contributed by atoms with van der Waals surface area (Å²) in [4.78, 5) is 7.88. The molecule has 0 amide bonds. The normalized spacial score (nSPS) is 23.5. The number of fused-ring (bicyclic) bond motifs is 1. The van der Waals surface area contributed by atoms with E-state index in [-0.39, 0.29) is 0 Å². The average Bonchev–Trinajstić information content (AvgIpc) is 3.01. The maximum atomic E-state index is 5.59. The van der Waals surface area contributed by atoms with Crippen LogP contribution in [0, 0.1) is 0 Å². The summed E-state index contributed by atoms with van der Waals surface area (Å²) in [5, 5.41) is 0. The molecule has 0 aliphatic carbocycles. The van der Waals surface area contributed by atoms with Crippen molar-refractivity contribution in [2.75, 3.05) is 59.0 Å². The molecular weight excluding hydrogens is 286 g/mol. The highest BCUT2D eigenvalue weighted by molar-refractivity contribution is 5.39. The van der Waals surface area contributed by atoms with Gasteiger partial charge in [-0.1, -0.05) is 19.1 Å². The lowest BCUT2D eigenvalue weighted by Crippen LogP contribution is -2.63. The van der Waals surface area contributed by atoms with Crippen molar-refractivity contribution < 1.29 is 4.74 Å². The first kappa shape index (κ1) is 15.4. The molecule has 126 valence electrons. The van der Waals surface area contributed by atoms with Crippen LogP contribution in [0.15, 0.2) is 18.2 Å². The Morgan fingerprint density at radius 3 is 2.70 bits per heavy atom. The van der Waals surface area contributed by atoms with Gasteiger partial charge in [0, 0.05) is 58.3 Å². The summed E-state index contributed by atoms with van der Waals surface area (Å²) in [5.41, 5.74) is 2.87. The van der Waals surface area contributed by atoms with Gasteiger partial charge < -0.3 is 9.64 Å². The molecule has 23 heavy (non-hydrogen) atoms. The zero-order valence-electron chi connectivity index (χ0n) is 14.3. The topological polar surface area (TPSA) is 19.0 Å². The Kier molecular flexibility index (Phi) is 4.56. The van der Waals surface area contributed by atoms with E-state index in [1.54, 1.807) is 0 Å². The number of piperazine rings is 1. The molecule has 0 radical (unpaired) electrons. The van der Waals surface area contributed by atoms with Crippen molar-refractivity contribution in [3.63, 3.8) is 0 Å². The Morgan fingerprint density at radius 1 is 1.09 bits per heavy atom. The molecule has 4 rings (SSSR count). The van der Waals surface area contributed by atoms with E-state index in [0.29, 0.717) is 0 Å². The SMILES string of the molecule is CCN1CCN(C2CN(CCc3ccc4c(c3)CCO4)C2)CC1. The predicted molar refractivity (Wildman–Crippen MR) is 93.3 cm³/mol. The van der Waals surface area contributed by atoms with Gasteiger partial charge in [0.05, 0.1) is 6.61 Å². The first-order chi connectivity index (χ1) is 11.3. The van der Waals surface area contributed by atoms with Crippen molar-refractivity contribution in [2.24, 2.45) is 0 Å². The van der Waals surface area contributed by atoms with E-state index in [9.17, 15) is 0 Å². The van der Waals surface area contributed by atoms with Crippen LogP contribution in [0.4, 0.5) is 0 Å². The number of benzene rings is 1. The van der Waals surface area contributed by atoms with Crippen LogP contribution in [-0.4, -0.2) is 79.7 Å². The van der Waals surface area contributed by atoms with Crippen LogP contribution in [0.25, 0.3) is 0 Å². The second-order valence-electron chi connectivity index (χ2n) is 7.17. The Labute approximate surface area is 140 Å². The number of ether oxygens (including phenoxy) is 1. The smallest absolute Gasteiger partial charge is 0.122 e. The van der Waals surface area contributed by atoms with Crippen molar-refractivity contribution in [2.45, 2.75) is 25.8 Å². The lowest BCUT2D eigenvalue weighted by atomic mass is 10.0. The minimum absolute atomic E-state index is 0.808. The van der Waals surface area contributed by atoms with Crippen molar-refractivity contribution in [3.05, 3.63) is 29.3 Å². The van der Waals surface area contributed by atoms with E-state index in [1.165, 1.54) is 69.9 Å². The van der Waals surface area contributed by atoms with E-state index in [1.807, 2.05) is 0 Å². The minimum atomic E-state index is 0.808. The predicted octanol–water partition coefficient (Wildman–Crippen LogP) is 1.49. The van der Waals surface area contributed by atoms with Crippen molar-refractivity contribution in [1.82, 2.24) is 14.7 Å². The zero-order valence-corrected chi connectivity index (χ0v) is 14.3. The molecule has 1 aromatic carbocycles. The number of likely N-dealkylation sites (N-methyl/N-ethyl adjacent to an activating group) is 1. The maximum absolute atomic E-state index is 5.59. The Bertz CT molecular complexity index is 533. The lowest BCUT2D eigenvalue weighted by molar-refractivity contribution is 0.00677. The average molecular weight is 315 g/mol. The molecule has 2 saturated heterocycles. The zero-order chi connectivity index (χ0) is 15.6. The first-order valence-corrected chi connectivity index (χ1v) is 9.25. The van der Waals surface area contributed by atoms with Gasteiger partial charge in [-0.3, -0.25) is 9.80 Å². The molecule has 0 bridgehead atoms. The second-order valence-corrected chi connectivity index (χ2v) is 7.17. The molecule has 3 aliphatic heterocycles. The number of rotatable bonds is 5. The van der Waals surface area contributed by atoms with Crippen molar-refractivity contribution in [1.29, 1.82) is 0 Å². The molecule has 3 aliphatic rings. The van der Waals surface area contributed by atoms with Gasteiger partial charge in [-0.2, -0.15) is 0 Å². The molecule has 0 unspecified atom stereocenters. The van der Waals surface area contributed by atoms with Gasteiger partial charge in [0.15, 0.2) is 0 Å². The number of hydrogen-bond donors (Lipinski definition) is 0. The molecule has 0 spiro atoms. The Hall–Kier alpha value is -1.10. The molecule has 2 fully saturated rings. The molecule has 0 aromatic heterocycles.